The molecule has 1 aromatic carbocycles. The molecule has 2 aromatic rings. The summed E-state index contributed by atoms with van der Waals surface area (Å²) in [6.45, 7) is 0. The van der Waals surface area contributed by atoms with Crippen molar-refractivity contribution in [3.8, 4) is 0 Å². The van der Waals surface area contributed by atoms with Gasteiger partial charge in [-0.25, -0.2) is 13.4 Å². The first-order valence-electron chi connectivity index (χ1n) is 5.43. The van der Waals surface area contributed by atoms with Crippen LogP contribution < -0.4 is 4.72 Å². The number of benzene rings is 1. The third kappa shape index (κ3) is 4.39. The van der Waals surface area contributed by atoms with Gasteiger partial charge in [-0.1, -0.05) is 41.9 Å². The maximum Gasteiger partial charge on any atom is 0.256 e. The van der Waals surface area contributed by atoms with Crippen molar-refractivity contribution in [1.29, 1.82) is 0 Å². The van der Waals surface area contributed by atoms with Crippen molar-refractivity contribution < 1.29 is 8.42 Å². The van der Waals surface area contributed by atoms with Gasteiger partial charge in [-0.05, 0) is 17.7 Å². The van der Waals surface area contributed by atoms with E-state index in [1.165, 1.54) is 18.3 Å². The Hall–Kier alpha value is -1.85. The Kier molecular flexibility index (Phi) is 4.19. The van der Waals surface area contributed by atoms with Crippen LogP contribution >= 0.6 is 11.6 Å². The van der Waals surface area contributed by atoms with Crippen LogP contribution in [0, 0.1) is 0 Å². The normalized spacial score (nSPS) is 11.6. The molecule has 0 aliphatic heterocycles. The summed E-state index contributed by atoms with van der Waals surface area (Å²) in [5, 5.41) is 1.50. The van der Waals surface area contributed by atoms with Gasteiger partial charge in [-0.3, -0.25) is 4.72 Å². The molecule has 2 rings (SSSR count). The second kappa shape index (κ2) is 5.86. The number of hydrogen-bond acceptors (Lipinski definition) is 3. The zero-order chi connectivity index (χ0) is 13.7. The van der Waals surface area contributed by atoms with Crippen molar-refractivity contribution in [3.05, 3.63) is 64.7 Å². The zero-order valence-corrected chi connectivity index (χ0v) is 11.4. The van der Waals surface area contributed by atoms with Crippen LogP contribution in [0.3, 0.4) is 0 Å². The molecule has 0 aliphatic carbocycles. The van der Waals surface area contributed by atoms with E-state index in [1.807, 2.05) is 30.3 Å². The van der Waals surface area contributed by atoms with Crippen LogP contribution in [-0.4, -0.2) is 13.4 Å². The van der Waals surface area contributed by atoms with Gasteiger partial charge in [0.2, 0.25) is 0 Å². The van der Waals surface area contributed by atoms with E-state index < -0.39 is 10.0 Å². The molecule has 1 heterocycles. The van der Waals surface area contributed by atoms with Crippen LogP contribution in [0.15, 0.2) is 54.1 Å². The summed E-state index contributed by atoms with van der Waals surface area (Å²) in [6, 6.07) is 12.2. The molecule has 1 N–H and O–H groups in total. The van der Waals surface area contributed by atoms with Crippen LogP contribution in [0.1, 0.15) is 5.56 Å². The molecule has 0 bridgehead atoms. The average molecular weight is 295 g/mol. The molecular formula is C13H11ClN2O2S. The third-order valence-corrected chi connectivity index (χ3v) is 3.43. The fourth-order valence-electron chi connectivity index (χ4n) is 1.37. The number of hydrogen-bond donors (Lipinski definition) is 1. The van der Waals surface area contributed by atoms with Gasteiger partial charge in [-0.15, -0.1) is 0 Å². The number of rotatable bonds is 4. The average Bonchev–Trinajstić information content (AvgIpc) is 2.37. The van der Waals surface area contributed by atoms with Crippen molar-refractivity contribution in [2.45, 2.75) is 0 Å². The van der Waals surface area contributed by atoms with Gasteiger partial charge in [-0.2, -0.15) is 0 Å². The number of sulfonamides is 1. The lowest BCUT2D eigenvalue weighted by Crippen LogP contribution is -2.09. The summed E-state index contributed by atoms with van der Waals surface area (Å²) in [7, 11) is -3.60. The Morgan fingerprint density at radius 3 is 2.58 bits per heavy atom. The van der Waals surface area contributed by atoms with Crippen LogP contribution in [0.2, 0.25) is 5.02 Å². The fourth-order valence-corrected chi connectivity index (χ4v) is 2.34. The van der Waals surface area contributed by atoms with Crippen LogP contribution in [-0.2, 0) is 10.0 Å². The van der Waals surface area contributed by atoms with Gasteiger partial charge in [0.25, 0.3) is 10.0 Å². The van der Waals surface area contributed by atoms with E-state index in [9.17, 15) is 8.42 Å². The Balaban J connectivity index is 2.13. The van der Waals surface area contributed by atoms with E-state index in [4.69, 9.17) is 11.6 Å². The lowest BCUT2D eigenvalue weighted by molar-refractivity contribution is 0.609. The smallest absolute Gasteiger partial charge is 0.256 e. The highest BCUT2D eigenvalue weighted by Gasteiger charge is 2.06. The Morgan fingerprint density at radius 1 is 1.16 bits per heavy atom. The van der Waals surface area contributed by atoms with Gasteiger partial charge in [0.15, 0.2) is 0 Å². The third-order valence-electron chi connectivity index (χ3n) is 2.21. The molecule has 0 fully saturated rings. The second-order valence-electron chi connectivity index (χ2n) is 3.72. The maximum atomic E-state index is 11.8. The van der Waals surface area contributed by atoms with E-state index in [0.717, 1.165) is 11.0 Å². The number of halogens is 1. The lowest BCUT2D eigenvalue weighted by atomic mass is 10.2. The number of nitrogens with zero attached hydrogens (tertiary/aromatic N) is 1. The first-order chi connectivity index (χ1) is 9.05. The van der Waals surface area contributed by atoms with Crippen LogP contribution in [0.4, 0.5) is 5.82 Å². The van der Waals surface area contributed by atoms with Crippen molar-refractivity contribution in [3.63, 3.8) is 0 Å². The fraction of sp³-hybridized carbons (Fsp3) is 0. The van der Waals surface area contributed by atoms with Crippen molar-refractivity contribution in [2.24, 2.45) is 0 Å². The molecule has 0 saturated heterocycles. The molecule has 4 nitrogen and oxygen atoms in total. The highest BCUT2D eigenvalue weighted by atomic mass is 35.5. The molecular weight excluding hydrogens is 284 g/mol. The molecule has 6 heteroatoms. The zero-order valence-electron chi connectivity index (χ0n) is 9.82. The molecule has 19 heavy (non-hydrogen) atoms. The molecule has 98 valence electrons. The topological polar surface area (TPSA) is 59.1 Å². The molecule has 0 amide bonds. The number of nitrogens with one attached hydrogen (secondary N) is 1. The predicted octanol–water partition coefficient (Wildman–Crippen LogP) is 3.15. The molecule has 0 saturated carbocycles. The van der Waals surface area contributed by atoms with Gasteiger partial charge >= 0.3 is 0 Å². The van der Waals surface area contributed by atoms with E-state index >= 15 is 0 Å². The second-order valence-corrected chi connectivity index (χ2v) is 5.72. The number of aromatic nitrogens is 1. The minimum absolute atomic E-state index is 0.185. The lowest BCUT2D eigenvalue weighted by Gasteiger charge is -2.03. The molecule has 0 unspecified atom stereocenters. The molecule has 1 aromatic heterocycles. The standard InChI is InChI=1S/C13H11ClN2O2S/c14-12-6-8-15-13(10-12)16-19(17,18)9-7-11-4-2-1-3-5-11/h1-10H,(H,15,16)/b9-7+. The summed E-state index contributed by atoms with van der Waals surface area (Å²) in [4.78, 5) is 3.87. The monoisotopic (exact) mass is 294 g/mol. The summed E-state index contributed by atoms with van der Waals surface area (Å²) in [6.07, 6.45) is 2.94. The van der Waals surface area contributed by atoms with Crippen molar-refractivity contribution in [2.75, 3.05) is 4.72 Å². The predicted molar refractivity (Wildman–Crippen MR) is 77.3 cm³/mol. The summed E-state index contributed by atoms with van der Waals surface area (Å²) in [5.41, 5.74) is 0.798. The SMILES string of the molecule is O=S(=O)(/C=C/c1ccccc1)Nc1cc(Cl)ccn1. The van der Waals surface area contributed by atoms with Gasteiger partial charge in [0, 0.05) is 17.3 Å². The maximum absolute atomic E-state index is 11.8. The van der Waals surface area contributed by atoms with E-state index in [-0.39, 0.29) is 5.82 Å². The minimum atomic E-state index is -3.60. The Morgan fingerprint density at radius 2 is 1.89 bits per heavy atom. The molecule has 0 spiro atoms. The molecule has 0 aliphatic rings. The summed E-state index contributed by atoms with van der Waals surface area (Å²) < 4.78 is 25.9. The quantitative estimate of drug-likeness (QED) is 0.942. The summed E-state index contributed by atoms with van der Waals surface area (Å²) in [5.74, 6) is 0.185. The Labute approximate surface area is 116 Å². The van der Waals surface area contributed by atoms with E-state index in [0.29, 0.717) is 5.02 Å². The van der Waals surface area contributed by atoms with E-state index in [2.05, 4.69) is 9.71 Å². The molecule has 0 radical (unpaired) electrons. The van der Waals surface area contributed by atoms with Gasteiger partial charge < -0.3 is 0 Å². The number of anilines is 1. The largest absolute Gasteiger partial charge is 0.264 e. The van der Waals surface area contributed by atoms with Crippen molar-refractivity contribution in [1.82, 2.24) is 4.98 Å². The van der Waals surface area contributed by atoms with Gasteiger partial charge in [0.05, 0.1) is 5.41 Å². The van der Waals surface area contributed by atoms with Crippen molar-refractivity contribution >= 4 is 33.5 Å². The van der Waals surface area contributed by atoms with E-state index in [1.54, 1.807) is 6.07 Å². The minimum Gasteiger partial charge on any atom is -0.264 e. The first-order valence-corrected chi connectivity index (χ1v) is 7.35. The number of pyridine rings is 1. The van der Waals surface area contributed by atoms with Crippen LogP contribution in [0.5, 0.6) is 0 Å². The van der Waals surface area contributed by atoms with Gasteiger partial charge in [0.1, 0.15) is 5.82 Å². The summed E-state index contributed by atoms with van der Waals surface area (Å²) >= 11 is 5.75. The Bertz CT molecular complexity index is 685. The first kappa shape index (κ1) is 13.6. The highest BCUT2D eigenvalue weighted by molar-refractivity contribution is 7.95. The highest BCUT2D eigenvalue weighted by Crippen LogP contribution is 2.13. The van der Waals surface area contributed by atoms with Crippen LogP contribution in [0.25, 0.3) is 6.08 Å². The molecule has 0 atom stereocenters.